The molecule has 144 valence electrons. The van der Waals surface area contributed by atoms with E-state index in [9.17, 15) is 14.9 Å². The van der Waals surface area contributed by atoms with E-state index in [0.29, 0.717) is 17.0 Å². The van der Waals surface area contributed by atoms with Crippen molar-refractivity contribution in [1.82, 2.24) is 4.90 Å². The first-order chi connectivity index (χ1) is 13.3. The number of fused-ring (bicyclic) bond motifs is 2. The van der Waals surface area contributed by atoms with Crippen molar-refractivity contribution >= 4 is 11.9 Å². The molecule has 0 bridgehead atoms. The highest BCUT2D eigenvalue weighted by atomic mass is 16.5. The summed E-state index contributed by atoms with van der Waals surface area (Å²) in [5.41, 5.74) is 5.03. The van der Waals surface area contributed by atoms with Gasteiger partial charge < -0.3 is 20.1 Å². The average molecular weight is 379 g/mol. The number of hydrogen-bond donors (Lipinski definition) is 1. The maximum absolute atomic E-state index is 13.7. The summed E-state index contributed by atoms with van der Waals surface area (Å²) in [5, 5.41) is 9.88. The standard InChI is InChI=1S/C21H21N3O4/c1-5-10-24-13(4)17(19(25)27-12(2)3)21(20(24)26)14-8-6-7-9-16(14)28-18(23)15(21)11-22/h5-9,12H,1,10,23H2,2-4H3. The van der Waals surface area contributed by atoms with Gasteiger partial charge in [-0.1, -0.05) is 24.3 Å². The predicted octanol–water partition coefficient (Wildman–Crippen LogP) is 2.26. The number of carbonyl (C=O) groups is 2. The molecule has 2 N–H and O–H groups in total. The van der Waals surface area contributed by atoms with Crippen LogP contribution < -0.4 is 10.5 Å². The molecule has 7 heteroatoms. The zero-order chi connectivity index (χ0) is 20.6. The number of nitrogens with zero attached hydrogens (tertiary/aromatic N) is 2. The summed E-state index contributed by atoms with van der Waals surface area (Å²) in [6, 6.07) is 8.73. The number of para-hydroxylation sites is 1. The van der Waals surface area contributed by atoms with E-state index in [2.05, 4.69) is 6.58 Å². The van der Waals surface area contributed by atoms with Crippen molar-refractivity contribution in [1.29, 1.82) is 5.26 Å². The van der Waals surface area contributed by atoms with E-state index in [1.165, 1.54) is 4.90 Å². The molecule has 0 aliphatic carbocycles. The third-order valence-electron chi connectivity index (χ3n) is 4.81. The molecule has 0 fully saturated rings. The summed E-state index contributed by atoms with van der Waals surface area (Å²) >= 11 is 0. The van der Waals surface area contributed by atoms with Crippen LogP contribution in [-0.2, 0) is 19.7 Å². The second-order valence-corrected chi connectivity index (χ2v) is 6.82. The van der Waals surface area contributed by atoms with E-state index in [1.807, 2.05) is 6.07 Å². The van der Waals surface area contributed by atoms with Gasteiger partial charge in [0.15, 0.2) is 5.41 Å². The lowest BCUT2D eigenvalue weighted by molar-refractivity contribution is -0.144. The zero-order valence-corrected chi connectivity index (χ0v) is 16.0. The minimum Gasteiger partial charge on any atom is -0.460 e. The first-order valence-corrected chi connectivity index (χ1v) is 8.83. The SMILES string of the molecule is C=CCN1C(=O)C2(C(C#N)=C(N)Oc3ccccc32)C(C(=O)OC(C)C)=C1C. The molecule has 0 saturated heterocycles. The topological polar surface area (TPSA) is 106 Å². The predicted molar refractivity (Wildman–Crippen MR) is 101 cm³/mol. The molecule has 2 aliphatic heterocycles. The Morgan fingerprint density at radius 2 is 2.14 bits per heavy atom. The summed E-state index contributed by atoms with van der Waals surface area (Å²) in [6.07, 6.45) is 1.14. The summed E-state index contributed by atoms with van der Waals surface area (Å²) in [7, 11) is 0. The van der Waals surface area contributed by atoms with Crippen LogP contribution >= 0.6 is 0 Å². The minimum absolute atomic E-state index is 0.0725. The molecule has 28 heavy (non-hydrogen) atoms. The Morgan fingerprint density at radius 3 is 2.75 bits per heavy atom. The fourth-order valence-corrected chi connectivity index (χ4v) is 3.77. The van der Waals surface area contributed by atoms with Gasteiger partial charge >= 0.3 is 5.97 Å². The van der Waals surface area contributed by atoms with Gasteiger partial charge in [0.1, 0.15) is 17.4 Å². The molecule has 2 heterocycles. The molecule has 0 aromatic heterocycles. The molecular formula is C21H21N3O4. The summed E-state index contributed by atoms with van der Waals surface area (Å²) in [4.78, 5) is 28.2. The van der Waals surface area contributed by atoms with E-state index in [4.69, 9.17) is 15.2 Å². The average Bonchev–Trinajstić information content (AvgIpc) is 2.84. The number of nitrogens with two attached hydrogens (primary N) is 1. The Balaban J connectivity index is 2.41. The van der Waals surface area contributed by atoms with Crippen LogP contribution in [0.4, 0.5) is 0 Å². The Morgan fingerprint density at radius 1 is 1.46 bits per heavy atom. The number of allylic oxidation sites excluding steroid dienone is 1. The van der Waals surface area contributed by atoms with Crippen molar-refractivity contribution in [2.75, 3.05) is 6.54 Å². The van der Waals surface area contributed by atoms with E-state index < -0.39 is 23.4 Å². The number of ether oxygens (including phenoxy) is 2. The van der Waals surface area contributed by atoms with Crippen molar-refractivity contribution in [2.24, 2.45) is 5.73 Å². The van der Waals surface area contributed by atoms with Gasteiger partial charge in [-0.15, -0.1) is 6.58 Å². The van der Waals surface area contributed by atoms with E-state index in [1.54, 1.807) is 51.1 Å². The van der Waals surface area contributed by atoms with E-state index in [-0.39, 0.29) is 23.6 Å². The van der Waals surface area contributed by atoms with Gasteiger partial charge in [0.25, 0.3) is 0 Å². The lowest BCUT2D eigenvalue weighted by Crippen LogP contribution is -2.47. The van der Waals surface area contributed by atoms with Crippen LogP contribution in [0.15, 0.2) is 59.6 Å². The van der Waals surface area contributed by atoms with Crippen molar-refractivity contribution < 1.29 is 19.1 Å². The first kappa shape index (κ1) is 19.2. The number of nitriles is 1. The molecule has 1 aromatic rings. The van der Waals surface area contributed by atoms with Crippen molar-refractivity contribution in [3.63, 3.8) is 0 Å². The quantitative estimate of drug-likeness (QED) is 0.635. The third-order valence-corrected chi connectivity index (χ3v) is 4.81. The molecule has 3 rings (SSSR count). The summed E-state index contributed by atoms with van der Waals surface area (Å²) < 4.78 is 11.0. The highest BCUT2D eigenvalue weighted by molar-refractivity contribution is 6.12. The van der Waals surface area contributed by atoms with Crippen LogP contribution in [0.1, 0.15) is 26.3 Å². The fraction of sp³-hybridized carbons (Fsp3) is 0.286. The number of carbonyl (C=O) groups excluding carboxylic acids is 2. The molecule has 0 radical (unpaired) electrons. The van der Waals surface area contributed by atoms with Crippen LogP contribution in [0.3, 0.4) is 0 Å². The Labute approximate surface area is 163 Å². The zero-order valence-electron chi connectivity index (χ0n) is 16.0. The van der Waals surface area contributed by atoms with Gasteiger partial charge in [0.2, 0.25) is 11.8 Å². The molecule has 1 atom stereocenters. The van der Waals surface area contributed by atoms with E-state index in [0.717, 1.165) is 0 Å². The largest absolute Gasteiger partial charge is 0.460 e. The molecule has 1 aromatic carbocycles. The number of esters is 1. The Hall–Kier alpha value is -3.53. The molecule has 1 spiro atoms. The van der Waals surface area contributed by atoms with E-state index >= 15 is 0 Å². The molecular weight excluding hydrogens is 358 g/mol. The van der Waals surface area contributed by atoms with Gasteiger partial charge in [-0.2, -0.15) is 5.26 Å². The van der Waals surface area contributed by atoms with Crippen LogP contribution in [0.25, 0.3) is 0 Å². The molecule has 1 amide bonds. The molecule has 7 nitrogen and oxygen atoms in total. The van der Waals surface area contributed by atoms with Gasteiger partial charge in [-0.25, -0.2) is 4.79 Å². The normalized spacial score (nSPS) is 21.0. The van der Waals surface area contributed by atoms with Crippen LogP contribution in [0, 0.1) is 11.3 Å². The van der Waals surface area contributed by atoms with Crippen molar-refractivity contribution in [3.05, 3.63) is 65.2 Å². The van der Waals surface area contributed by atoms with Crippen LogP contribution in [-0.4, -0.2) is 29.4 Å². The number of benzene rings is 1. The van der Waals surface area contributed by atoms with Gasteiger partial charge in [0.05, 0.1) is 11.7 Å². The molecule has 1 unspecified atom stereocenters. The lowest BCUT2D eigenvalue weighted by Gasteiger charge is -2.35. The van der Waals surface area contributed by atoms with Gasteiger partial charge in [-0.3, -0.25) is 4.79 Å². The van der Waals surface area contributed by atoms with Crippen LogP contribution in [0.5, 0.6) is 5.75 Å². The number of hydrogen-bond acceptors (Lipinski definition) is 6. The van der Waals surface area contributed by atoms with Crippen molar-refractivity contribution in [2.45, 2.75) is 32.3 Å². The maximum Gasteiger partial charge on any atom is 0.337 e. The summed E-state index contributed by atoms with van der Waals surface area (Å²) in [5.74, 6) is -1.03. The third kappa shape index (κ3) is 2.49. The second kappa shape index (κ2) is 6.89. The Bertz CT molecular complexity index is 984. The number of amides is 1. The second-order valence-electron chi connectivity index (χ2n) is 6.82. The fourth-order valence-electron chi connectivity index (χ4n) is 3.77. The molecule has 2 aliphatic rings. The summed E-state index contributed by atoms with van der Waals surface area (Å²) in [6.45, 7) is 8.94. The number of rotatable bonds is 4. The van der Waals surface area contributed by atoms with Gasteiger partial charge in [0, 0.05) is 17.8 Å². The van der Waals surface area contributed by atoms with Gasteiger partial charge in [-0.05, 0) is 26.8 Å². The highest BCUT2D eigenvalue weighted by Gasteiger charge is 2.62. The molecule has 0 saturated carbocycles. The highest BCUT2D eigenvalue weighted by Crippen LogP contribution is 2.53. The van der Waals surface area contributed by atoms with Crippen molar-refractivity contribution in [3.8, 4) is 11.8 Å². The monoisotopic (exact) mass is 379 g/mol. The maximum atomic E-state index is 13.7. The first-order valence-electron chi connectivity index (χ1n) is 8.83. The minimum atomic E-state index is -1.72. The smallest absolute Gasteiger partial charge is 0.337 e. The lowest BCUT2D eigenvalue weighted by atomic mass is 9.68. The Kier molecular flexibility index (Phi) is 4.73. The van der Waals surface area contributed by atoms with Crippen LogP contribution in [0.2, 0.25) is 0 Å².